The lowest BCUT2D eigenvalue weighted by Gasteiger charge is -2.15. The molecule has 1 aromatic rings. The molecule has 102 valence electrons. The highest BCUT2D eigenvalue weighted by atomic mass is 32.2. The number of aliphatic carboxylic acids is 1. The number of carboxylic acids is 1. The molecule has 1 aromatic carbocycles. The van der Waals surface area contributed by atoms with Gasteiger partial charge in [0.25, 0.3) is 0 Å². The number of sulfonamides is 1. The molecule has 6 nitrogen and oxygen atoms in total. The van der Waals surface area contributed by atoms with E-state index in [4.69, 9.17) is 10.2 Å². The first-order chi connectivity index (χ1) is 8.88. The van der Waals surface area contributed by atoms with E-state index in [9.17, 15) is 13.2 Å². The smallest absolute Gasteiger partial charge is 0.310 e. The number of carbonyl (C=O) groups is 1. The van der Waals surface area contributed by atoms with Gasteiger partial charge in [-0.15, -0.1) is 0 Å². The van der Waals surface area contributed by atoms with Crippen LogP contribution in [0.3, 0.4) is 0 Å². The number of primary sulfonamides is 1. The topological polar surface area (TPSA) is 109 Å². The number of para-hydroxylation sites is 1. The number of nitrogens with two attached hydrogens (primary N) is 1. The molecule has 2 rings (SSSR count). The van der Waals surface area contributed by atoms with Crippen molar-refractivity contribution >= 4 is 21.7 Å². The van der Waals surface area contributed by atoms with E-state index in [-0.39, 0.29) is 10.9 Å². The van der Waals surface area contributed by atoms with Crippen LogP contribution in [0.5, 0.6) is 0 Å². The number of hydrogen-bond donors (Lipinski definition) is 3. The molecular formula is C12H14N2O4S. The van der Waals surface area contributed by atoms with Gasteiger partial charge in [0.05, 0.1) is 11.6 Å². The average molecular weight is 282 g/mol. The van der Waals surface area contributed by atoms with Crippen LogP contribution in [0.4, 0.5) is 5.69 Å². The summed E-state index contributed by atoms with van der Waals surface area (Å²) < 4.78 is 22.9. The van der Waals surface area contributed by atoms with Crippen LogP contribution in [0, 0.1) is 5.92 Å². The Morgan fingerprint density at radius 1 is 1.32 bits per heavy atom. The van der Waals surface area contributed by atoms with E-state index in [1.165, 1.54) is 6.07 Å². The van der Waals surface area contributed by atoms with Gasteiger partial charge in [0.2, 0.25) is 10.0 Å². The zero-order valence-electron chi connectivity index (χ0n) is 9.98. The Morgan fingerprint density at radius 2 is 2.00 bits per heavy atom. The molecule has 0 radical (unpaired) electrons. The van der Waals surface area contributed by atoms with E-state index >= 15 is 0 Å². The number of hydrogen-bond acceptors (Lipinski definition) is 4. The van der Waals surface area contributed by atoms with Crippen molar-refractivity contribution < 1.29 is 18.3 Å². The summed E-state index contributed by atoms with van der Waals surface area (Å²) in [5, 5.41) is 17.0. The average Bonchev–Trinajstić information content (AvgIpc) is 2.77. The number of benzene rings is 1. The fourth-order valence-electron chi connectivity index (χ4n) is 2.02. The predicted octanol–water partition coefficient (Wildman–Crippen LogP) is 0.775. The summed E-state index contributed by atoms with van der Waals surface area (Å²) in [6, 6.07) is 6.05. The van der Waals surface area contributed by atoms with Crippen molar-refractivity contribution in [2.24, 2.45) is 11.1 Å². The SMILES string of the molecule is NS(=O)(=O)c1ccccc1NC1C=CC(C(=O)O)C1. The number of carboxylic acid groups (broad SMARTS) is 1. The van der Waals surface area contributed by atoms with E-state index in [2.05, 4.69) is 5.32 Å². The zero-order valence-corrected chi connectivity index (χ0v) is 10.8. The standard InChI is InChI=1S/C12H14N2O4S/c13-19(17,18)11-4-2-1-3-10(11)14-9-6-5-8(7-9)12(15)16/h1-6,8-9,14H,7H2,(H,15,16)(H2,13,17,18). The summed E-state index contributed by atoms with van der Waals surface area (Å²) in [6.07, 6.45) is 3.70. The van der Waals surface area contributed by atoms with E-state index in [0.29, 0.717) is 12.1 Å². The first-order valence-electron chi connectivity index (χ1n) is 5.67. The summed E-state index contributed by atoms with van der Waals surface area (Å²) >= 11 is 0. The summed E-state index contributed by atoms with van der Waals surface area (Å²) in [5.41, 5.74) is 0.380. The van der Waals surface area contributed by atoms with Gasteiger partial charge in [-0.2, -0.15) is 0 Å². The van der Waals surface area contributed by atoms with Crippen LogP contribution in [0.1, 0.15) is 6.42 Å². The third kappa shape index (κ3) is 3.12. The Morgan fingerprint density at radius 3 is 2.58 bits per heavy atom. The van der Waals surface area contributed by atoms with Gasteiger partial charge in [0.15, 0.2) is 0 Å². The second-order valence-electron chi connectivity index (χ2n) is 4.36. The van der Waals surface area contributed by atoms with Crippen molar-refractivity contribution in [2.75, 3.05) is 5.32 Å². The van der Waals surface area contributed by atoms with Gasteiger partial charge in [-0.3, -0.25) is 4.79 Å². The van der Waals surface area contributed by atoms with Gasteiger partial charge in [-0.05, 0) is 18.6 Å². The van der Waals surface area contributed by atoms with E-state index in [1.54, 1.807) is 30.4 Å². The lowest BCUT2D eigenvalue weighted by atomic mass is 10.1. The summed E-state index contributed by atoms with van der Waals surface area (Å²) in [7, 11) is -3.81. The van der Waals surface area contributed by atoms with Gasteiger partial charge in [-0.1, -0.05) is 24.3 Å². The van der Waals surface area contributed by atoms with Gasteiger partial charge in [-0.25, -0.2) is 13.6 Å². The first-order valence-corrected chi connectivity index (χ1v) is 7.22. The van der Waals surface area contributed by atoms with Crippen LogP contribution < -0.4 is 10.5 Å². The highest BCUT2D eigenvalue weighted by Crippen LogP contribution is 2.25. The summed E-state index contributed by atoms with van der Waals surface area (Å²) in [6.45, 7) is 0. The predicted molar refractivity (Wildman–Crippen MR) is 70.1 cm³/mol. The Kier molecular flexibility index (Phi) is 3.59. The van der Waals surface area contributed by atoms with Gasteiger partial charge in [0, 0.05) is 6.04 Å². The van der Waals surface area contributed by atoms with Crippen molar-refractivity contribution in [1.82, 2.24) is 0 Å². The maximum absolute atomic E-state index is 11.4. The van der Waals surface area contributed by atoms with Crippen molar-refractivity contribution in [3.8, 4) is 0 Å². The molecule has 0 fully saturated rings. The van der Waals surface area contributed by atoms with E-state index < -0.39 is 21.9 Å². The summed E-state index contributed by atoms with van der Waals surface area (Å²) in [5.74, 6) is -1.43. The van der Waals surface area contributed by atoms with Crippen LogP contribution in [-0.2, 0) is 14.8 Å². The van der Waals surface area contributed by atoms with Crippen LogP contribution in [-0.4, -0.2) is 25.5 Å². The number of rotatable bonds is 4. The Balaban J connectivity index is 2.18. The molecule has 0 saturated heterocycles. The fraction of sp³-hybridized carbons (Fsp3) is 0.250. The third-order valence-corrected chi connectivity index (χ3v) is 3.90. The molecule has 2 unspecified atom stereocenters. The van der Waals surface area contributed by atoms with Crippen molar-refractivity contribution in [1.29, 1.82) is 0 Å². The molecule has 4 N–H and O–H groups in total. The van der Waals surface area contributed by atoms with Gasteiger partial charge >= 0.3 is 5.97 Å². The molecule has 1 aliphatic carbocycles. The van der Waals surface area contributed by atoms with Crippen LogP contribution in [0.25, 0.3) is 0 Å². The molecular weight excluding hydrogens is 268 g/mol. The molecule has 0 amide bonds. The molecule has 0 saturated carbocycles. The molecule has 0 heterocycles. The maximum Gasteiger partial charge on any atom is 0.310 e. The molecule has 7 heteroatoms. The fourth-order valence-corrected chi connectivity index (χ4v) is 2.72. The summed E-state index contributed by atoms with van der Waals surface area (Å²) in [4.78, 5) is 10.8. The van der Waals surface area contributed by atoms with Crippen LogP contribution in [0.2, 0.25) is 0 Å². The zero-order chi connectivity index (χ0) is 14.0. The van der Waals surface area contributed by atoms with Crippen molar-refractivity contribution in [3.05, 3.63) is 36.4 Å². The normalized spacial score (nSPS) is 22.4. The Hall–Kier alpha value is -1.86. The molecule has 0 aromatic heterocycles. The number of anilines is 1. The molecule has 2 atom stereocenters. The lowest BCUT2D eigenvalue weighted by Crippen LogP contribution is -2.21. The molecule has 0 bridgehead atoms. The van der Waals surface area contributed by atoms with Crippen molar-refractivity contribution in [2.45, 2.75) is 17.4 Å². The van der Waals surface area contributed by atoms with Gasteiger partial charge in [0.1, 0.15) is 4.90 Å². The van der Waals surface area contributed by atoms with Gasteiger partial charge < -0.3 is 10.4 Å². The third-order valence-electron chi connectivity index (χ3n) is 2.94. The first kappa shape index (κ1) is 13.6. The van der Waals surface area contributed by atoms with Crippen molar-refractivity contribution in [3.63, 3.8) is 0 Å². The lowest BCUT2D eigenvalue weighted by molar-refractivity contribution is -0.140. The molecule has 0 spiro atoms. The molecule has 0 aliphatic heterocycles. The highest BCUT2D eigenvalue weighted by Gasteiger charge is 2.25. The maximum atomic E-state index is 11.4. The minimum absolute atomic E-state index is 0.00201. The second kappa shape index (κ2) is 5.02. The Labute approximate surface area is 111 Å². The molecule has 1 aliphatic rings. The van der Waals surface area contributed by atoms with Crippen LogP contribution in [0.15, 0.2) is 41.3 Å². The highest BCUT2D eigenvalue weighted by molar-refractivity contribution is 7.89. The molecule has 19 heavy (non-hydrogen) atoms. The minimum Gasteiger partial charge on any atom is -0.481 e. The number of nitrogens with one attached hydrogen (secondary N) is 1. The largest absolute Gasteiger partial charge is 0.481 e. The van der Waals surface area contributed by atoms with E-state index in [1.807, 2.05) is 0 Å². The quantitative estimate of drug-likeness (QED) is 0.707. The Bertz CT molecular complexity index is 624. The van der Waals surface area contributed by atoms with Crippen LogP contribution >= 0.6 is 0 Å². The monoisotopic (exact) mass is 282 g/mol. The van der Waals surface area contributed by atoms with E-state index in [0.717, 1.165) is 0 Å². The second-order valence-corrected chi connectivity index (χ2v) is 5.89. The minimum atomic E-state index is -3.81.